The van der Waals surface area contributed by atoms with Crippen molar-refractivity contribution in [2.75, 3.05) is 24.5 Å². The van der Waals surface area contributed by atoms with Crippen molar-refractivity contribution in [3.63, 3.8) is 0 Å². The van der Waals surface area contributed by atoms with E-state index in [9.17, 15) is 5.11 Å². The van der Waals surface area contributed by atoms with E-state index in [2.05, 4.69) is 48.7 Å². The maximum absolute atomic E-state index is 10.4. The van der Waals surface area contributed by atoms with E-state index in [1.54, 1.807) is 0 Å². The molecule has 23 heavy (non-hydrogen) atoms. The number of hydrogen-bond acceptors (Lipinski definition) is 2. The first-order chi connectivity index (χ1) is 11.0. The van der Waals surface area contributed by atoms with Crippen LogP contribution in [0.1, 0.15) is 28.4 Å². The Balaban J connectivity index is 1.77. The monoisotopic (exact) mass is 309 g/mol. The average molecular weight is 309 g/mol. The van der Waals surface area contributed by atoms with Gasteiger partial charge in [-0.3, -0.25) is 4.58 Å². The number of nitrogens with zero attached hydrogens (tertiary/aromatic N) is 2. The Morgan fingerprint density at radius 1 is 1.09 bits per heavy atom. The highest BCUT2D eigenvalue weighted by molar-refractivity contribution is 5.80. The van der Waals surface area contributed by atoms with Crippen molar-refractivity contribution in [3.05, 3.63) is 64.7 Å². The molecule has 0 spiro atoms. The van der Waals surface area contributed by atoms with Crippen LogP contribution >= 0.6 is 0 Å². The molecular weight excluding hydrogens is 284 g/mol. The highest BCUT2D eigenvalue weighted by Gasteiger charge is 2.26. The van der Waals surface area contributed by atoms with Crippen LogP contribution in [-0.4, -0.2) is 35.7 Å². The number of aryl methyl sites for hydroxylation is 3. The molecule has 0 aliphatic carbocycles. The summed E-state index contributed by atoms with van der Waals surface area (Å²) >= 11 is 0. The Hall–Kier alpha value is -2.13. The van der Waals surface area contributed by atoms with Crippen molar-refractivity contribution in [1.82, 2.24) is 0 Å². The summed E-state index contributed by atoms with van der Waals surface area (Å²) in [7, 11) is 0. The van der Waals surface area contributed by atoms with Crippen LogP contribution in [0.15, 0.2) is 42.5 Å². The van der Waals surface area contributed by atoms with Crippen molar-refractivity contribution < 1.29 is 9.68 Å². The summed E-state index contributed by atoms with van der Waals surface area (Å²) in [6.45, 7) is 9.02. The standard InChI is InChI=1S/C20H25N2O/c1-15-11-16(2)20(17(3)12-15)22-10-9-21(14-22)13-19(23)18-7-5-4-6-8-18/h4-8,11-12,14,19,23H,9-10,13H2,1-3H3/q+1/t19-/m0/s1. The lowest BCUT2D eigenvalue weighted by molar-refractivity contribution is -0.524. The van der Waals surface area contributed by atoms with Crippen LogP contribution in [0.25, 0.3) is 0 Å². The van der Waals surface area contributed by atoms with E-state index in [1.165, 1.54) is 22.4 Å². The number of rotatable bonds is 4. The maximum Gasteiger partial charge on any atom is 0.239 e. The summed E-state index contributed by atoms with van der Waals surface area (Å²) in [6.07, 6.45) is 1.70. The van der Waals surface area contributed by atoms with Crippen molar-refractivity contribution in [3.8, 4) is 0 Å². The number of aliphatic hydroxyl groups is 1. The van der Waals surface area contributed by atoms with Crippen LogP contribution in [0.3, 0.4) is 0 Å². The fourth-order valence-corrected chi connectivity index (χ4v) is 3.48. The molecule has 0 saturated heterocycles. The lowest BCUT2D eigenvalue weighted by Crippen LogP contribution is -2.20. The molecule has 0 bridgehead atoms. The zero-order chi connectivity index (χ0) is 16.4. The molecule has 0 aromatic heterocycles. The van der Waals surface area contributed by atoms with Crippen LogP contribution in [0.2, 0.25) is 0 Å². The van der Waals surface area contributed by atoms with Crippen molar-refractivity contribution in [2.45, 2.75) is 26.9 Å². The zero-order valence-electron chi connectivity index (χ0n) is 14.2. The summed E-state index contributed by atoms with van der Waals surface area (Å²) in [5.74, 6) is 0. The summed E-state index contributed by atoms with van der Waals surface area (Å²) in [4.78, 5) is 2.31. The summed E-state index contributed by atoms with van der Waals surface area (Å²) in [5.41, 5.74) is 6.20. The van der Waals surface area contributed by atoms with Gasteiger partial charge >= 0.3 is 0 Å². The number of β-amino-alcohol motifs (C(OH)–C–C–N with tert-alkyl or cyclic N) is 1. The minimum absolute atomic E-state index is 0.451. The normalized spacial score (nSPS) is 15.7. The average Bonchev–Trinajstić information content (AvgIpc) is 2.95. The lowest BCUT2D eigenvalue weighted by Gasteiger charge is -2.13. The zero-order valence-corrected chi connectivity index (χ0v) is 14.2. The smallest absolute Gasteiger partial charge is 0.239 e. The molecule has 1 atom stereocenters. The van der Waals surface area contributed by atoms with Gasteiger partial charge in [-0.25, -0.2) is 4.90 Å². The topological polar surface area (TPSA) is 26.5 Å². The van der Waals surface area contributed by atoms with E-state index >= 15 is 0 Å². The predicted molar refractivity (Wildman–Crippen MR) is 95.5 cm³/mol. The highest BCUT2D eigenvalue weighted by atomic mass is 16.3. The van der Waals surface area contributed by atoms with Gasteiger partial charge in [-0.15, -0.1) is 0 Å². The molecule has 0 fully saturated rings. The van der Waals surface area contributed by atoms with Gasteiger partial charge in [0.05, 0.1) is 0 Å². The molecule has 2 aromatic carbocycles. The van der Waals surface area contributed by atoms with Crippen LogP contribution in [-0.2, 0) is 0 Å². The minimum Gasteiger partial charge on any atom is -0.384 e. The molecule has 0 amide bonds. The van der Waals surface area contributed by atoms with Crippen LogP contribution < -0.4 is 4.90 Å². The van der Waals surface area contributed by atoms with E-state index in [4.69, 9.17) is 0 Å². The molecule has 3 rings (SSSR count). The molecule has 0 saturated carbocycles. The summed E-state index contributed by atoms with van der Waals surface area (Å²) in [6, 6.07) is 14.3. The lowest BCUT2D eigenvalue weighted by atomic mass is 10.0. The molecule has 120 valence electrons. The third-order valence-electron chi connectivity index (χ3n) is 4.45. The van der Waals surface area contributed by atoms with Crippen LogP contribution in [0.4, 0.5) is 5.69 Å². The molecular formula is C20H25N2O+. The second kappa shape index (κ2) is 6.55. The molecule has 0 unspecified atom stereocenters. The summed E-state index contributed by atoms with van der Waals surface area (Å²) < 4.78 is 2.20. The Kier molecular flexibility index (Phi) is 4.49. The Morgan fingerprint density at radius 2 is 1.74 bits per heavy atom. The first-order valence-electron chi connectivity index (χ1n) is 8.21. The molecule has 3 nitrogen and oxygen atoms in total. The van der Waals surface area contributed by atoms with Gasteiger partial charge in [-0.05, 0) is 37.5 Å². The largest absolute Gasteiger partial charge is 0.384 e. The highest BCUT2D eigenvalue weighted by Crippen LogP contribution is 2.26. The van der Waals surface area contributed by atoms with Gasteiger partial charge in [0.2, 0.25) is 6.34 Å². The minimum atomic E-state index is -0.451. The Morgan fingerprint density at radius 3 is 2.39 bits per heavy atom. The van der Waals surface area contributed by atoms with Gasteiger partial charge in [0.25, 0.3) is 0 Å². The van der Waals surface area contributed by atoms with E-state index in [-0.39, 0.29) is 0 Å². The molecule has 1 aliphatic rings. The Bertz CT molecular complexity index is 699. The second-order valence-corrected chi connectivity index (χ2v) is 6.48. The first-order valence-corrected chi connectivity index (χ1v) is 8.21. The van der Waals surface area contributed by atoms with Crippen molar-refractivity contribution in [2.24, 2.45) is 0 Å². The summed E-state index contributed by atoms with van der Waals surface area (Å²) in [5, 5.41) is 10.4. The molecule has 1 aliphatic heterocycles. The first kappa shape index (κ1) is 15.8. The Labute approximate surface area is 138 Å². The molecule has 1 heterocycles. The van der Waals surface area contributed by atoms with Gasteiger partial charge in [-0.1, -0.05) is 48.0 Å². The predicted octanol–water partition coefficient (Wildman–Crippen LogP) is 3.21. The fourth-order valence-electron chi connectivity index (χ4n) is 3.48. The number of hydrogen-bond donors (Lipinski definition) is 1. The van der Waals surface area contributed by atoms with E-state index in [0.29, 0.717) is 6.54 Å². The third-order valence-corrected chi connectivity index (χ3v) is 4.45. The van der Waals surface area contributed by atoms with Gasteiger partial charge in [0.1, 0.15) is 31.4 Å². The van der Waals surface area contributed by atoms with E-state index in [1.807, 2.05) is 30.3 Å². The van der Waals surface area contributed by atoms with Gasteiger partial charge in [0, 0.05) is 0 Å². The number of benzene rings is 2. The van der Waals surface area contributed by atoms with Gasteiger partial charge in [0.15, 0.2) is 0 Å². The molecule has 1 N–H and O–H groups in total. The third kappa shape index (κ3) is 3.45. The molecule has 2 aromatic rings. The van der Waals surface area contributed by atoms with Gasteiger partial charge < -0.3 is 5.11 Å². The number of aliphatic hydroxyl groups excluding tert-OH is 1. The molecule has 0 radical (unpaired) electrons. The van der Waals surface area contributed by atoms with Crippen molar-refractivity contribution in [1.29, 1.82) is 0 Å². The van der Waals surface area contributed by atoms with Gasteiger partial charge in [-0.2, -0.15) is 0 Å². The maximum atomic E-state index is 10.4. The van der Waals surface area contributed by atoms with Crippen molar-refractivity contribution >= 4 is 12.0 Å². The molecule has 3 heteroatoms. The SMILES string of the molecule is Cc1cc(C)c(N2C=[N+](C[C@H](O)c3ccccc3)CC2)c(C)c1. The van der Waals surface area contributed by atoms with Crippen LogP contribution in [0, 0.1) is 20.8 Å². The van der Waals surface area contributed by atoms with Crippen LogP contribution in [0.5, 0.6) is 0 Å². The second-order valence-electron chi connectivity index (χ2n) is 6.48. The van der Waals surface area contributed by atoms with E-state index in [0.717, 1.165) is 18.7 Å². The quantitative estimate of drug-likeness (QED) is 0.878. The fraction of sp³-hybridized carbons (Fsp3) is 0.350. The number of anilines is 1. The van der Waals surface area contributed by atoms with E-state index < -0.39 is 6.10 Å².